The Morgan fingerprint density at radius 2 is 1.59 bits per heavy atom. The fraction of sp³-hybridized carbons (Fsp3) is 0.741. The lowest BCUT2D eigenvalue weighted by molar-refractivity contribution is -0.432. The van der Waals surface area contributed by atoms with Crippen LogP contribution in [0.5, 0.6) is 0 Å². The van der Waals surface area contributed by atoms with Gasteiger partial charge in [0.25, 0.3) is 11.4 Å². The number of likely N-dealkylation sites (tertiary alicyclic amines) is 2. The van der Waals surface area contributed by atoms with Crippen LogP contribution in [-0.4, -0.2) is 86.3 Å². The van der Waals surface area contributed by atoms with Gasteiger partial charge in [-0.3, -0.25) is 20.2 Å². The first kappa shape index (κ1) is 27.4. The summed E-state index contributed by atoms with van der Waals surface area (Å²) in [4.78, 5) is 31.9. The highest BCUT2D eigenvalue weighted by atomic mass is 16.6. The molecule has 0 aliphatic carbocycles. The molecule has 4 aliphatic rings. The predicted molar refractivity (Wildman–Crippen MR) is 142 cm³/mol. The van der Waals surface area contributed by atoms with Crippen LogP contribution < -0.4 is 0 Å². The number of nitro groups is 2. The Hall–Kier alpha value is -2.68. The van der Waals surface area contributed by atoms with E-state index in [2.05, 4.69) is 46.1 Å². The topological polar surface area (TPSA) is 99.2 Å². The standard InChI is InChI=1S/C27H42N6O4/c1-19(2)29-14-9-24(10-15-29)30-18-27(33(36)37)23(16-20(30)3)6-11-28-12-7-25(8-13-28)31-17-26(32(34)35)21(4)22(31)5/h17-19,21-22,24-25H,6-15H2,1-5H3. The molecule has 0 aromatic heterocycles. The summed E-state index contributed by atoms with van der Waals surface area (Å²) in [6.07, 6.45) is 7.96. The van der Waals surface area contributed by atoms with Gasteiger partial charge in [-0.15, -0.1) is 0 Å². The van der Waals surface area contributed by atoms with E-state index in [0.717, 1.165) is 64.1 Å². The van der Waals surface area contributed by atoms with Crippen molar-refractivity contribution in [1.29, 1.82) is 0 Å². The highest BCUT2D eigenvalue weighted by Crippen LogP contribution is 2.33. The molecule has 0 amide bonds. The van der Waals surface area contributed by atoms with E-state index in [1.54, 1.807) is 12.4 Å². The molecule has 0 N–H and O–H groups in total. The van der Waals surface area contributed by atoms with Crippen molar-refractivity contribution in [2.45, 2.75) is 90.9 Å². The zero-order chi connectivity index (χ0) is 26.9. The van der Waals surface area contributed by atoms with Gasteiger partial charge >= 0.3 is 0 Å². The molecular weight excluding hydrogens is 472 g/mol. The zero-order valence-electron chi connectivity index (χ0n) is 22.9. The summed E-state index contributed by atoms with van der Waals surface area (Å²) in [5.74, 6) is -0.0732. The quantitative estimate of drug-likeness (QED) is 0.272. The Morgan fingerprint density at radius 3 is 2.14 bits per heavy atom. The van der Waals surface area contributed by atoms with Crippen molar-refractivity contribution < 1.29 is 9.85 Å². The maximum Gasteiger partial charge on any atom is 0.296 e. The number of nitrogens with zero attached hydrogens (tertiary/aromatic N) is 6. The van der Waals surface area contributed by atoms with Crippen LogP contribution in [0.3, 0.4) is 0 Å². The second-order valence-corrected chi connectivity index (χ2v) is 11.3. The lowest BCUT2D eigenvalue weighted by Crippen LogP contribution is -2.46. The van der Waals surface area contributed by atoms with E-state index in [1.807, 2.05) is 13.8 Å². The molecule has 2 unspecified atom stereocenters. The van der Waals surface area contributed by atoms with Gasteiger partial charge in [-0.25, -0.2) is 0 Å². The van der Waals surface area contributed by atoms with Crippen LogP contribution in [-0.2, 0) is 0 Å². The van der Waals surface area contributed by atoms with Crippen molar-refractivity contribution in [2.24, 2.45) is 5.92 Å². The van der Waals surface area contributed by atoms with Gasteiger partial charge in [-0.2, -0.15) is 0 Å². The van der Waals surface area contributed by atoms with E-state index in [0.29, 0.717) is 29.8 Å². The maximum atomic E-state index is 12.0. The van der Waals surface area contributed by atoms with Crippen molar-refractivity contribution in [1.82, 2.24) is 19.6 Å². The van der Waals surface area contributed by atoms with E-state index < -0.39 is 0 Å². The summed E-state index contributed by atoms with van der Waals surface area (Å²) in [6.45, 7) is 15.0. The minimum atomic E-state index is -0.258. The van der Waals surface area contributed by atoms with E-state index in [-0.39, 0.29) is 33.5 Å². The average Bonchev–Trinajstić information content (AvgIpc) is 3.17. The molecule has 0 bridgehead atoms. The Labute approximate surface area is 220 Å². The van der Waals surface area contributed by atoms with Crippen molar-refractivity contribution in [3.05, 3.63) is 61.0 Å². The summed E-state index contributed by atoms with van der Waals surface area (Å²) in [5.41, 5.74) is 5.50. The minimum absolute atomic E-state index is 0.0732. The summed E-state index contributed by atoms with van der Waals surface area (Å²) >= 11 is 0. The van der Waals surface area contributed by atoms with Crippen molar-refractivity contribution in [2.75, 3.05) is 32.7 Å². The Bertz CT molecular complexity index is 1010. The van der Waals surface area contributed by atoms with Crippen LogP contribution in [0.15, 0.2) is 40.8 Å². The predicted octanol–water partition coefficient (Wildman–Crippen LogP) is 4.03. The van der Waals surface area contributed by atoms with E-state index in [1.165, 1.54) is 0 Å². The van der Waals surface area contributed by atoms with Crippen LogP contribution in [0.4, 0.5) is 0 Å². The van der Waals surface area contributed by atoms with Crippen LogP contribution >= 0.6 is 0 Å². The molecule has 4 aliphatic heterocycles. The number of allylic oxidation sites excluding steroid dienone is 1. The molecule has 2 saturated heterocycles. The van der Waals surface area contributed by atoms with Gasteiger partial charge in [0.1, 0.15) is 0 Å². The van der Waals surface area contributed by atoms with E-state index in [9.17, 15) is 20.2 Å². The molecule has 0 spiro atoms. The first-order valence-corrected chi connectivity index (χ1v) is 13.8. The third-order valence-corrected chi connectivity index (χ3v) is 8.92. The number of hydrogen-bond acceptors (Lipinski definition) is 8. The highest BCUT2D eigenvalue weighted by molar-refractivity contribution is 5.31. The van der Waals surface area contributed by atoms with Gasteiger partial charge in [0, 0.05) is 56.9 Å². The van der Waals surface area contributed by atoms with Gasteiger partial charge < -0.3 is 19.6 Å². The summed E-state index contributed by atoms with van der Waals surface area (Å²) < 4.78 is 0. The van der Waals surface area contributed by atoms with Gasteiger partial charge in [0.2, 0.25) is 0 Å². The number of rotatable bonds is 8. The molecular formula is C27H42N6O4. The first-order valence-electron chi connectivity index (χ1n) is 13.8. The molecule has 10 heteroatoms. The molecule has 204 valence electrons. The molecule has 37 heavy (non-hydrogen) atoms. The smallest absolute Gasteiger partial charge is 0.296 e. The second kappa shape index (κ2) is 11.4. The highest BCUT2D eigenvalue weighted by Gasteiger charge is 2.40. The molecule has 4 heterocycles. The molecule has 0 radical (unpaired) electrons. The van der Waals surface area contributed by atoms with E-state index >= 15 is 0 Å². The third kappa shape index (κ3) is 5.92. The monoisotopic (exact) mass is 514 g/mol. The lowest BCUT2D eigenvalue weighted by atomic mass is 9.98. The van der Waals surface area contributed by atoms with Gasteiger partial charge in [0.05, 0.1) is 39.4 Å². The van der Waals surface area contributed by atoms with Crippen molar-refractivity contribution in [3.8, 4) is 0 Å². The van der Waals surface area contributed by atoms with Gasteiger partial charge in [0.15, 0.2) is 0 Å². The number of hydrogen-bond donors (Lipinski definition) is 0. The first-order chi connectivity index (χ1) is 17.6. The molecule has 0 saturated carbocycles. The summed E-state index contributed by atoms with van der Waals surface area (Å²) in [7, 11) is 0. The zero-order valence-corrected chi connectivity index (χ0v) is 22.9. The number of piperidine rings is 2. The van der Waals surface area contributed by atoms with Gasteiger partial charge in [-0.1, -0.05) is 12.7 Å². The molecule has 4 rings (SSSR count). The normalized spacial score (nSPS) is 26.8. The van der Waals surface area contributed by atoms with Crippen molar-refractivity contribution >= 4 is 0 Å². The lowest BCUT2D eigenvalue weighted by Gasteiger charge is -2.40. The van der Waals surface area contributed by atoms with Crippen LogP contribution in [0, 0.1) is 26.1 Å². The summed E-state index contributed by atoms with van der Waals surface area (Å²) in [5, 5.41) is 23.3. The van der Waals surface area contributed by atoms with E-state index in [4.69, 9.17) is 0 Å². The second-order valence-electron chi connectivity index (χ2n) is 11.3. The SMILES string of the molecule is CC1=C=C(CCN2CCC(N3C=C([N+](=O)[O-])C(C)C3C)CC2)C([N+](=O)[O-])=CN1C1CCN(C(C)C)CC1. The Morgan fingerprint density at radius 1 is 0.973 bits per heavy atom. The Balaban J connectivity index is 1.35. The van der Waals surface area contributed by atoms with Crippen LogP contribution in [0.1, 0.15) is 66.7 Å². The molecule has 0 aromatic carbocycles. The maximum absolute atomic E-state index is 12.0. The minimum Gasteiger partial charge on any atom is -0.366 e. The van der Waals surface area contributed by atoms with Crippen molar-refractivity contribution in [3.63, 3.8) is 0 Å². The fourth-order valence-corrected chi connectivity index (χ4v) is 6.32. The third-order valence-electron chi connectivity index (χ3n) is 8.92. The summed E-state index contributed by atoms with van der Waals surface area (Å²) in [6, 6.07) is 1.23. The molecule has 2 fully saturated rings. The molecule has 10 nitrogen and oxygen atoms in total. The Kier molecular flexibility index (Phi) is 8.41. The van der Waals surface area contributed by atoms with Crippen LogP contribution in [0.2, 0.25) is 0 Å². The van der Waals surface area contributed by atoms with Crippen LogP contribution in [0.25, 0.3) is 0 Å². The molecule has 0 aromatic rings. The largest absolute Gasteiger partial charge is 0.366 e. The molecule has 2 atom stereocenters. The fourth-order valence-electron chi connectivity index (χ4n) is 6.32. The van der Waals surface area contributed by atoms with Gasteiger partial charge in [-0.05, 0) is 59.8 Å². The average molecular weight is 515 g/mol.